The van der Waals surface area contributed by atoms with Gasteiger partial charge in [0.2, 0.25) is 0 Å². The van der Waals surface area contributed by atoms with Crippen LogP contribution in [0.4, 0.5) is 0 Å². The molecule has 116 valence electrons. The van der Waals surface area contributed by atoms with Gasteiger partial charge < -0.3 is 5.32 Å². The molecule has 0 saturated heterocycles. The summed E-state index contributed by atoms with van der Waals surface area (Å²) in [4.78, 5) is 0. The standard InChI is InChI=1S/C17H36BrN/c1-4-5-6-7-8-9-10-11-12-13-16-19-17(2,3)14-15-18/h19H,4-16H2,1-3H3. The second kappa shape index (κ2) is 13.4. The van der Waals surface area contributed by atoms with Gasteiger partial charge in [-0.25, -0.2) is 0 Å². The number of unbranched alkanes of at least 4 members (excludes halogenated alkanes) is 9. The summed E-state index contributed by atoms with van der Waals surface area (Å²) in [5.74, 6) is 0. The van der Waals surface area contributed by atoms with Crippen molar-refractivity contribution in [2.45, 2.75) is 96.9 Å². The largest absolute Gasteiger partial charge is 0.312 e. The Labute approximate surface area is 130 Å². The summed E-state index contributed by atoms with van der Waals surface area (Å²) < 4.78 is 0. The van der Waals surface area contributed by atoms with Crippen molar-refractivity contribution in [3.63, 3.8) is 0 Å². The minimum absolute atomic E-state index is 0.294. The minimum atomic E-state index is 0.294. The molecule has 0 rings (SSSR count). The van der Waals surface area contributed by atoms with E-state index >= 15 is 0 Å². The van der Waals surface area contributed by atoms with E-state index in [2.05, 4.69) is 42.0 Å². The highest BCUT2D eigenvalue weighted by atomic mass is 79.9. The Kier molecular flexibility index (Phi) is 13.7. The number of rotatable bonds is 14. The fourth-order valence-corrected chi connectivity index (χ4v) is 3.36. The van der Waals surface area contributed by atoms with Crippen molar-refractivity contribution in [2.24, 2.45) is 0 Å². The molecule has 0 aromatic rings. The Morgan fingerprint density at radius 3 is 1.74 bits per heavy atom. The third-order valence-electron chi connectivity index (χ3n) is 3.85. The lowest BCUT2D eigenvalue weighted by Gasteiger charge is -2.25. The van der Waals surface area contributed by atoms with E-state index in [9.17, 15) is 0 Å². The van der Waals surface area contributed by atoms with Gasteiger partial charge in [0.25, 0.3) is 0 Å². The molecule has 0 saturated carbocycles. The molecule has 0 aliphatic rings. The Bertz CT molecular complexity index is 180. The summed E-state index contributed by atoms with van der Waals surface area (Å²) >= 11 is 3.52. The van der Waals surface area contributed by atoms with Crippen molar-refractivity contribution in [1.82, 2.24) is 5.32 Å². The van der Waals surface area contributed by atoms with Gasteiger partial charge in [-0.1, -0.05) is 80.6 Å². The van der Waals surface area contributed by atoms with Crippen molar-refractivity contribution in [1.29, 1.82) is 0 Å². The predicted molar refractivity (Wildman–Crippen MR) is 92.3 cm³/mol. The zero-order valence-electron chi connectivity index (χ0n) is 13.6. The lowest BCUT2D eigenvalue weighted by molar-refractivity contribution is 0.373. The predicted octanol–water partition coefficient (Wildman–Crippen LogP) is 6.06. The van der Waals surface area contributed by atoms with Crippen LogP contribution in [0.5, 0.6) is 0 Å². The molecule has 0 atom stereocenters. The highest BCUT2D eigenvalue weighted by molar-refractivity contribution is 9.09. The fourth-order valence-electron chi connectivity index (χ4n) is 2.36. The van der Waals surface area contributed by atoms with Crippen molar-refractivity contribution < 1.29 is 0 Å². The van der Waals surface area contributed by atoms with Gasteiger partial charge in [-0.05, 0) is 33.2 Å². The highest BCUT2D eigenvalue weighted by Gasteiger charge is 2.14. The smallest absolute Gasteiger partial charge is 0.0133 e. The van der Waals surface area contributed by atoms with Crippen LogP contribution in [0.2, 0.25) is 0 Å². The van der Waals surface area contributed by atoms with Gasteiger partial charge in [0.05, 0.1) is 0 Å². The van der Waals surface area contributed by atoms with E-state index in [4.69, 9.17) is 0 Å². The minimum Gasteiger partial charge on any atom is -0.312 e. The van der Waals surface area contributed by atoms with Crippen LogP contribution in [0, 0.1) is 0 Å². The number of nitrogens with one attached hydrogen (secondary N) is 1. The Morgan fingerprint density at radius 2 is 1.26 bits per heavy atom. The molecule has 0 aromatic carbocycles. The first-order valence-corrected chi connectivity index (χ1v) is 9.55. The van der Waals surface area contributed by atoms with E-state index < -0.39 is 0 Å². The fraction of sp³-hybridized carbons (Fsp3) is 1.00. The highest BCUT2D eigenvalue weighted by Crippen LogP contribution is 2.12. The summed E-state index contributed by atoms with van der Waals surface area (Å²) in [6, 6.07) is 0. The van der Waals surface area contributed by atoms with Crippen molar-refractivity contribution in [3.05, 3.63) is 0 Å². The van der Waals surface area contributed by atoms with Crippen LogP contribution in [0.3, 0.4) is 0 Å². The third-order valence-corrected chi connectivity index (χ3v) is 4.25. The molecule has 2 heteroatoms. The summed E-state index contributed by atoms with van der Waals surface area (Å²) in [7, 11) is 0. The van der Waals surface area contributed by atoms with E-state index in [-0.39, 0.29) is 0 Å². The zero-order valence-corrected chi connectivity index (χ0v) is 15.2. The Hall–Kier alpha value is 0.440. The average Bonchev–Trinajstić information content (AvgIpc) is 2.36. The molecule has 1 nitrogen and oxygen atoms in total. The quantitative estimate of drug-likeness (QED) is 0.301. The molecule has 0 aromatic heterocycles. The topological polar surface area (TPSA) is 12.0 Å². The second-order valence-corrected chi connectivity index (χ2v) is 7.22. The number of alkyl halides is 1. The summed E-state index contributed by atoms with van der Waals surface area (Å²) in [6.07, 6.45) is 15.4. The van der Waals surface area contributed by atoms with Crippen LogP contribution in [-0.4, -0.2) is 17.4 Å². The first-order valence-electron chi connectivity index (χ1n) is 8.43. The molecule has 0 radical (unpaired) electrons. The van der Waals surface area contributed by atoms with E-state index in [0.29, 0.717) is 5.54 Å². The van der Waals surface area contributed by atoms with Gasteiger partial charge in [-0.3, -0.25) is 0 Å². The second-order valence-electron chi connectivity index (χ2n) is 6.43. The number of halogens is 1. The molecule has 0 amide bonds. The van der Waals surface area contributed by atoms with Gasteiger partial charge in [0, 0.05) is 10.9 Å². The lowest BCUT2D eigenvalue weighted by Crippen LogP contribution is -2.40. The molecule has 0 bridgehead atoms. The van der Waals surface area contributed by atoms with Crippen molar-refractivity contribution >= 4 is 15.9 Å². The van der Waals surface area contributed by atoms with Crippen molar-refractivity contribution in [2.75, 3.05) is 11.9 Å². The van der Waals surface area contributed by atoms with Gasteiger partial charge in [0.15, 0.2) is 0 Å². The van der Waals surface area contributed by atoms with Gasteiger partial charge in [-0.15, -0.1) is 0 Å². The normalized spacial score (nSPS) is 12.0. The molecule has 0 aliphatic heterocycles. The zero-order chi connectivity index (χ0) is 14.4. The Balaban J connectivity index is 3.14. The average molecular weight is 334 g/mol. The van der Waals surface area contributed by atoms with Gasteiger partial charge >= 0.3 is 0 Å². The maximum absolute atomic E-state index is 3.66. The van der Waals surface area contributed by atoms with E-state index in [1.807, 2.05) is 0 Å². The van der Waals surface area contributed by atoms with E-state index in [1.54, 1.807) is 0 Å². The third kappa shape index (κ3) is 14.7. The lowest BCUT2D eigenvalue weighted by atomic mass is 10.0. The van der Waals surface area contributed by atoms with Gasteiger partial charge in [-0.2, -0.15) is 0 Å². The monoisotopic (exact) mass is 333 g/mol. The summed E-state index contributed by atoms with van der Waals surface area (Å²) in [5.41, 5.74) is 0.294. The number of hydrogen-bond donors (Lipinski definition) is 1. The molecule has 1 N–H and O–H groups in total. The van der Waals surface area contributed by atoms with Crippen LogP contribution in [0.15, 0.2) is 0 Å². The maximum Gasteiger partial charge on any atom is 0.0133 e. The molecule has 0 heterocycles. The van der Waals surface area contributed by atoms with Crippen molar-refractivity contribution in [3.8, 4) is 0 Å². The summed E-state index contributed by atoms with van der Waals surface area (Å²) in [5, 5.41) is 4.74. The molecule has 0 fully saturated rings. The van der Waals surface area contributed by atoms with Crippen LogP contribution in [-0.2, 0) is 0 Å². The molecule has 19 heavy (non-hydrogen) atoms. The SMILES string of the molecule is CCCCCCCCCCCCNC(C)(C)CCBr. The van der Waals surface area contributed by atoms with Crippen LogP contribution < -0.4 is 5.32 Å². The molecular formula is C17H36BrN. The van der Waals surface area contributed by atoms with E-state index in [1.165, 1.54) is 77.2 Å². The Morgan fingerprint density at radius 1 is 0.789 bits per heavy atom. The number of hydrogen-bond acceptors (Lipinski definition) is 1. The summed E-state index contributed by atoms with van der Waals surface area (Å²) in [6.45, 7) is 8.05. The first kappa shape index (κ1) is 19.4. The van der Waals surface area contributed by atoms with Gasteiger partial charge in [0.1, 0.15) is 0 Å². The van der Waals surface area contributed by atoms with Crippen LogP contribution in [0.1, 0.15) is 91.4 Å². The van der Waals surface area contributed by atoms with Crippen LogP contribution in [0.25, 0.3) is 0 Å². The molecule has 0 aliphatic carbocycles. The maximum atomic E-state index is 3.66. The van der Waals surface area contributed by atoms with E-state index in [0.717, 1.165) is 5.33 Å². The van der Waals surface area contributed by atoms with Crippen LogP contribution >= 0.6 is 15.9 Å². The molecular weight excluding hydrogens is 298 g/mol. The first-order chi connectivity index (χ1) is 9.12. The molecule has 0 unspecified atom stereocenters. The molecule has 0 spiro atoms.